The van der Waals surface area contributed by atoms with E-state index in [-0.39, 0.29) is 5.91 Å². The number of hydrogen-bond donors (Lipinski definition) is 1. The number of nitrogens with zero attached hydrogens (tertiary/aromatic N) is 3. The molecule has 1 aromatic carbocycles. The molecule has 0 aliphatic carbocycles. The molecule has 0 radical (unpaired) electrons. The molecule has 3 heterocycles. The molecule has 1 N–H and O–H groups in total. The van der Waals surface area contributed by atoms with E-state index in [4.69, 9.17) is 9.47 Å². The SMILES string of the molecule is Cn1cc(CCC(=O)Nc2cccc(-c3ccc4c(c3)OCCO4)n2)cn1. The molecule has 1 amide bonds. The van der Waals surface area contributed by atoms with E-state index in [1.165, 1.54) is 0 Å². The Morgan fingerprint density at radius 2 is 2.04 bits per heavy atom. The molecule has 7 heteroatoms. The second-order valence-corrected chi connectivity index (χ2v) is 6.34. The van der Waals surface area contributed by atoms with Crippen molar-refractivity contribution >= 4 is 11.7 Å². The molecule has 138 valence electrons. The quantitative estimate of drug-likeness (QED) is 0.753. The van der Waals surface area contributed by atoms with E-state index < -0.39 is 0 Å². The minimum atomic E-state index is -0.0781. The molecule has 7 nitrogen and oxygen atoms in total. The highest BCUT2D eigenvalue weighted by molar-refractivity contribution is 5.90. The number of nitrogens with one attached hydrogen (secondary N) is 1. The zero-order valence-electron chi connectivity index (χ0n) is 15.0. The fraction of sp³-hybridized carbons (Fsp3) is 0.250. The zero-order valence-corrected chi connectivity index (χ0v) is 15.0. The summed E-state index contributed by atoms with van der Waals surface area (Å²) in [6.45, 7) is 1.10. The Morgan fingerprint density at radius 1 is 1.19 bits per heavy atom. The van der Waals surface area contributed by atoms with Gasteiger partial charge < -0.3 is 14.8 Å². The Labute approximate surface area is 156 Å². The van der Waals surface area contributed by atoms with Gasteiger partial charge in [0, 0.05) is 25.2 Å². The van der Waals surface area contributed by atoms with E-state index >= 15 is 0 Å². The summed E-state index contributed by atoms with van der Waals surface area (Å²) in [5, 5.41) is 6.97. The summed E-state index contributed by atoms with van der Waals surface area (Å²) < 4.78 is 12.9. The van der Waals surface area contributed by atoms with Crippen LogP contribution >= 0.6 is 0 Å². The number of rotatable bonds is 5. The molecule has 0 spiro atoms. The third-order valence-electron chi connectivity index (χ3n) is 4.25. The van der Waals surface area contributed by atoms with Gasteiger partial charge in [0.15, 0.2) is 11.5 Å². The van der Waals surface area contributed by atoms with Crippen molar-refractivity contribution in [3.63, 3.8) is 0 Å². The molecule has 0 saturated carbocycles. The largest absolute Gasteiger partial charge is 0.486 e. The lowest BCUT2D eigenvalue weighted by Gasteiger charge is -2.18. The fourth-order valence-corrected chi connectivity index (χ4v) is 2.93. The Morgan fingerprint density at radius 3 is 2.85 bits per heavy atom. The Hall–Kier alpha value is -3.35. The van der Waals surface area contributed by atoms with E-state index in [0.29, 0.717) is 37.6 Å². The first kappa shape index (κ1) is 17.1. The highest BCUT2D eigenvalue weighted by Crippen LogP contribution is 2.34. The second kappa shape index (κ2) is 7.49. The number of amides is 1. The number of anilines is 1. The van der Waals surface area contributed by atoms with Gasteiger partial charge in [-0.15, -0.1) is 0 Å². The van der Waals surface area contributed by atoms with Crippen LogP contribution < -0.4 is 14.8 Å². The van der Waals surface area contributed by atoms with Gasteiger partial charge in [-0.1, -0.05) is 6.07 Å². The molecule has 2 aromatic heterocycles. The van der Waals surface area contributed by atoms with E-state index in [9.17, 15) is 4.79 Å². The van der Waals surface area contributed by atoms with Crippen molar-refractivity contribution in [1.82, 2.24) is 14.8 Å². The fourth-order valence-electron chi connectivity index (χ4n) is 2.93. The van der Waals surface area contributed by atoms with Crippen LogP contribution in [0.15, 0.2) is 48.8 Å². The smallest absolute Gasteiger partial charge is 0.225 e. The Balaban J connectivity index is 1.43. The van der Waals surface area contributed by atoms with Gasteiger partial charge in [0.05, 0.1) is 11.9 Å². The van der Waals surface area contributed by atoms with Gasteiger partial charge in [0.25, 0.3) is 0 Å². The van der Waals surface area contributed by atoms with Gasteiger partial charge >= 0.3 is 0 Å². The number of hydrogen-bond acceptors (Lipinski definition) is 5. The van der Waals surface area contributed by atoms with Gasteiger partial charge in [0.1, 0.15) is 19.0 Å². The molecule has 4 rings (SSSR count). The first-order valence-corrected chi connectivity index (χ1v) is 8.82. The number of aromatic nitrogens is 3. The molecule has 27 heavy (non-hydrogen) atoms. The third-order valence-corrected chi connectivity index (χ3v) is 4.25. The van der Waals surface area contributed by atoms with Crippen molar-refractivity contribution in [3.05, 3.63) is 54.4 Å². The molecule has 0 unspecified atom stereocenters. The minimum absolute atomic E-state index is 0.0781. The monoisotopic (exact) mass is 364 g/mol. The predicted molar refractivity (Wildman–Crippen MR) is 101 cm³/mol. The maximum atomic E-state index is 12.2. The van der Waals surface area contributed by atoms with Gasteiger partial charge in [0.2, 0.25) is 5.91 Å². The number of carbonyl (C=O) groups excluding carboxylic acids is 1. The van der Waals surface area contributed by atoms with Crippen LogP contribution in [0.1, 0.15) is 12.0 Å². The minimum Gasteiger partial charge on any atom is -0.486 e. The molecule has 3 aromatic rings. The number of carbonyl (C=O) groups is 1. The second-order valence-electron chi connectivity index (χ2n) is 6.34. The van der Waals surface area contributed by atoms with Crippen LogP contribution in [0.3, 0.4) is 0 Å². The first-order valence-electron chi connectivity index (χ1n) is 8.82. The lowest BCUT2D eigenvalue weighted by Crippen LogP contribution is -2.15. The lowest BCUT2D eigenvalue weighted by atomic mass is 10.1. The van der Waals surface area contributed by atoms with Crippen LogP contribution in [0.25, 0.3) is 11.3 Å². The molecular formula is C20H20N4O3. The molecule has 0 bridgehead atoms. The van der Waals surface area contributed by atoms with Crippen LogP contribution in [0.2, 0.25) is 0 Å². The Kier molecular flexibility index (Phi) is 4.74. The number of benzene rings is 1. The van der Waals surface area contributed by atoms with Gasteiger partial charge in [-0.2, -0.15) is 5.10 Å². The summed E-state index contributed by atoms with van der Waals surface area (Å²) in [7, 11) is 1.86. The summed E-state index contributed by atoms with van der Waals surface area (Å²) >= 11 is 0. The van der Waals surface area contributed by atoms with Crippen molar-refractivity contribution in [2.75, 3.05) is 18.5 Å². The number of pyridine rings is 1. The highest BCUT2D eigenvalue weighted by atomic mass is 16.6. The molecule has 0 fully saturated rings. The topological polar surface area (TPSA) is 78.3 Å². The van der Waals surface area contributed by atoms with Crippen LogP contribution in [0.5, 0.6) is 11.5 Å². The summed E-state index contributed by atoms with van der Waals surface area (Å²) in [4.78, 5) is 16.8. The average Bonchev–Trinajstić information content (AvgIpc) is 3.11. The predicted octanol–water partition coefficient (Wildman–Crippen LogP) is 2.82. The van der Waals surface area contributed by atoms with Gasteiger partial charge in [-0.25, -0.2) is 4.98 Å². The van der Waals surface area contributed by atoms with Crippen molar-refractivity contribution in [3.8, 4) is 22.8 Å². The third kappa shape index (κ3) is 4.08. The molecule has 0 saturated heterocycles. The summed E-state index contributed by atoms with van der Waals surface area (Å²) in [5.74, 6) is 1.90. The number of ether oxygens (including phenoxy) is 2. The zero-order chi connectivity index (χ0) is 18.6. The van der Waals surface area contributed by atoms with Crippen molar-refractivity contribution in [2.24, 2.45) is 7.05 Å². The normalized spacial score (nSPS) is 12.6. The standard InChI is InChI=1S/C20H20N4O3/c1-24-13-14(12-21-24)5-8-20(25)23-19-4-2-3-16(22-19)15-6-7-17-18(11-15)27-10-9-26-17/h2-4,6-7,11-13H,5,8-10H2,1H3,(H,22,23,25). The molecule has 1 aliphatic heterocycles. The number of fused-ring (bicyclic) bond motifs is 1. The average molecular weight is 364 g/mol. The van der Waals surface area contributed by atoms with Crippen LogP contribution in [-0.4, -0.2) is 33.9 Å². The molecule has 1 aliphatic rings. The van der Waals surface area contributed by atoms with E-state index in [0.717, 1.165) is 22.6 Å². The van der Waals surface area contributed by atoms with Crippen LogP contribution in [-0.2, 0) is 18.3 Å². The van der Waals surface area contributed by atoms with Crippen molar-refractivity contribution in [2.45, 2.75) is 12.8 Å². The highest BCUT2D eigenvalue weighted by Gasteiger charge is 2.13. The maximum absolute atomic E-state index is 12.2. The summed E-state index contributed by atoms with van der Waals surface area (Å²) in [6, 6.07) is 11.3. The van der Waals surface area contributed by atoms with E-state index in [1.807, 2.05) is 43.6 Å². The van der Waals surface area contributed by atoms with Crippen molar-refractivity contribution in [1.29, 1.82) is 0 Å². The summed E-state index contributed by atoms with van der Waals surface area (Å²) in [6.07, 6.45) is 4.70. The molecular weight excluding hydrogens is 344 g/mol. The lowest BCUT2D eigenvalue weighted by molar-refractivity contribution is -0.116. The first-order chi connectivity index (χ1) is 13.2. The van der Waals surface area contributed by atoms with Gasteiger partial charge in [-0.3, -0.25) is 9.48 Å². The Bertz CT molecular complexity index is 967. The number of aryl methyl sites for hydroxylation is 2. The van der Waals surface area contributed by atoms with Crippen molar-refractivity contribution < 1.29 is 14.3 Å². The maximum Gasteiger partial charge on any atom is 0.225 e. The van der Waals surface area contributed by atoms with Gasteiger partial charge in [-0.05, 0) is 42.3 Å². The van der Waals surface area contributed by atoms with Crippen LogP contribution in [0, 0.1) is 0 Å². The van der Waals surface area contributed by atoms with E-state index in [2.05, 4.69) is 15.4 Å². The van der Waals surface area contributed by atoms with E-state index in [1.54, 1.807) is 16.9 Å². The molecule has 0 atom stereocenters. The summed E-state index contributed by atoms with van der Waals surface area (Å²) in [5.41, 5.74) is 2.70. The van der Waals surface area contributed by atoms with Crippen LogP contribution in [0.4, 0.5) is 5.82 Å².